The molecule has 1 heteroatoms. The third-order valence-electron chi connectivity index (χ3n) is 2.08. The first-order valence-corrected chi connectivity index (χ1v) is 5.62. The predicted octanol–water partition coefficient (Wildman–Crippen LogP) is 3.68. The van der Waals surface area contributed by atoms with Crippen molar-refractivity contribution in [2.45, 2.75) is 6.42 Å². The fraction of sp³-hybridized carbons (Fsp3) is 0.0769. The van der Waals surface area contributed by atoms with Gasteiger partial charge in [0.15, 0.2) is 0 Å². The minimum absolute atomic E-state index is 1.01. The van der Waals surface area contributed by atoms with Crippen LogP contribution in [-0.2, 0) is 6.42 Å². The van der Waals surface area contributed by atoms with E-state index in [1.165, 1.54) is 14.7 Å². The van der Waals surface area contributed by atoms with Gasteiger partial charge in [-0.3, -0.25) is 0 Å². The van der Waals surface area contributed by atoms with Crippen molar-refractivity contribution in [2.75, 3.05) is 0 Å². The van der Waals surface area contributed by atoms with Gasteiger partial charge in [-0.2, -0.15) is 0 Å². The first-order chi connectivity index (χ1) is 6.84. The molecule has 0 aliphatic heterocycles. The van der Waals surface area contributed by atoms with Crippen molar-refractivity contribution in [3.63, 3.8) is 0 Å². The number of benzene rings is 2. The second kappa shape index (κ2) is 4.60. The molecule has 0 heterocycles. The van der Waals surface area contributed by atoms with Crippen molar-refractivity contribution in [1.29, 1.82) is 0 Å². The number of halogens is 1. The molecule has 0 aromatic heterocycles. The van der Waals surface area contributed by atoms with Crippen molar-refractivity contribution < 1.29 is 0 Å². The van der Waals surface area contributed by atoms with Crippen LogP contribution in [0.5, 0.6) is 0 Å². The Hall–Kier alpha value is -0.830. The van der Waals surface area contributed by atoms with Gasteiger partial charge in [-0.1, -0.05) is 42.5 Å². The van der Waals surface area contributed by atoms with Gasteiger partial charge in [0, 0.05) is 3.57 Å². The summed E-state index contributed by atoms with van der Waals surface area (Å²) in [6.07, 6.45) is 1.01. The van der Waals surface area contributed by atoms with E-state index in [9.17, 15) is 0 Å². The molecule has 0 nitrogen and oxygen atoms in total. The minimum atomic E-state index is 1.01. The van der Waals surface area contributed by atoms with Crippen LogP contribution in [0.4, 0.5) is 0 Å². The van der Waals surface area contributed by atoms with Crippen LogP contribution in [0.1, 0.15) is 11.1 Å². The quantitative estimate of drug-likeness (QED) is 0.741. The highest BCUT2D eigenvalue weighted by molar-refractivity contribution is 14.1. The molecule has 2 rings (SSSR count). The highest BCUT2D eigenvalue weighted by atomic mass is 127. The molecule has 0 spiro atoms. The lowest BCUT2D eigenvalue weighted by Crippen LogP contribution is -1.87. The lowest BCUT2D eigenvalue weighted by Gasteiger charge is -2.01. The summed E-state index contributed by atoms with van der Waals surface area (Å²) in [6, 6.07) is 19.9. The van der Waals surface area contributed by atoms with Crippen LogP contribution in [0.25, 0.3) is 0 Å². The van der Waals surface area contributed by atoms with Crippen molar-refractivity contribution in [2.24, 2.45) is 0 Å². The predicted molar refractivity (Wildman–Crippen MR) is 67.2 cm³/mol. The van der Waals surface area contributed by atoms with Gasteiger partial charge in [-0.05, 0) is 52.3 Å². The maximum absolute atomic E-state index is 3.14. The largest absolute Gasteiger partial charge is 0.0622 e. The van der Waals surface area contributed by atoms with Gasteiger partial charge in [0.2, 0.25) is 0 Å². The molecule has 0 amide bonds. The highest BCUT2D eigenvalue weighted by Crippen LogP contribution is 2.11. The summed E-state index contributed by atoms with van der Waals surface area (Å²) in [4.78, 5) is 0. The van der Waals surface area contributed by atoms with Crippen molar-refractivity contribution in [3.8, 4) is 0 Å². The standard InChI is InChI=1S/C13H10I/c14-13-8-4-7-12(10-13)9-11-5-2-1-3-6-11/h1-7,10H,9H2. The molecule has 0 aliphatic rings. The Morgan fingerprint density at radius 2 is 1.79 bits per heavy atom. The van der Waals surface area contributed by atoms with Crippen LogP contribution in [-0.4, -0.2) is 0 Å². The average Bonchev–Trinajstić information content (AvgIpc) is 2.19. The second-order valence-electron chi connectivity index (χ2n) is 3.21. The summed E-state index contributed by atoms with van der Waals surface area (Å²) in [7, 11) is 0. The van der Waals surface area contributed by atoms with Gasteiger partial charge in [0.05, 0.1) is 0 Å². The Labute approximate surface area is 98.1 Å². The van der Waals surface area contributed by atoms with Gasteiger partial charge >= 0.3 is 0 Å². The Bertz CT molecular complexity index is 407. The third-order valence-corrected chi connectivity index (χ3v) is 2.70. The lowest BCUT2D eigenvalue weighted by molar-refractivity contribution is 1.19. The van der Waals surface area contributed by atoms with Gasteiger partial charge in [-0.25, -0.2) is 0 Å². The van der Waals surface area contributed by atoms with Crippen LogP contribution < -0.4 is 0 Å². The fourth-order valence-corrected chi connectivity index (χ4v) is 2.00. The number of hydrogen-bond donors (Lipinski definition) is 0. The van der Waals surface area contributed by atoms with Gasteiger partial charge < -0.3 is 0 Å². The molecule has 0 saturated heterocycles. The molecule has 0 bridgehead atoms. The summed E-state index contributed by atoms with van der Waals surface area (Å²) in [5.41, 5.74) is 2.70. The molecule has 0 fully saturated rings. The molecule has 1 radical (unpaired) electrons. The van der Waals surface area contributed by atoms with E-state index >= 15 is 0 Å². The zero-order chi connectivity index (χ0) is 9.80. The molecule has 2 aromatic carbocycles. The van der Waals surface area contributed by atoms with E-state index in [-0.39, 0.29) is 0 Å². The van der Waals surface area contributed by atoms with Crippen molar-refractivity contribution in [3.05, 3.63) is 69.3 Å². The van der Waals surface area contributed by atoms with E-state index < -0.39 is 0 Å². The van der Waals surface area contributed by atoms with E-state index in [1.807, 2.05) is 12.1 Å². The molecule has 2 aromatic rings. The molecule has 0 atom stereocenters. The van der Waals surface area contributed by atoms with E-state index in [1.54, 1.807) is 0 Å². The smallest absolute Gasteiger partial charge is 0.0212 e. The van der Waals surface area contributed by atoms with Gasteiger partial charge in [-0.15, -0.1) is 0 Å². The SMILES string of the molecule is Ic1[c]ccc(Cc2ccccc2)c1. The Morgan fingerprint density at radius 3 is 2.50 bits per heavy atom. The van der Waals surface area contributed by atoms with Crippen molar-refractivity contribution >= 4 is 22.6 Å². The lowest BCUT2D eigenvalue weighted by atomic mass is 10.1. The number of hydrogen-bond acceptors (Lipinski definition) is 0. The summed E-state index contributed by atoms with van der Waals surface area (Å²) in [5.74, 6) is 0. The Kier molecular flexibility index (Phi) is 3.19. The van der Waals surface area contributed by atoms with Crippen LogP contribution in [0, 0.1) is 9.64 Å². The molecule has 0 aliphatic carbocycles. The summed E-state index contributed by atoms with van der Waals surface area (Å²) >= 11 is 2.29. The van der Waals surface area contributed by atoms with E-state index in [2.05, 4.69) is 65.1 Å². The topological polar surface area (TPSA) is 0 Å². The molecule has 69 valence electrons. The highest BCUT2D eigenvalue weighted by Gasteiger charge is 1.95. The van der Waals surface area contributed by atoms with Gasteiger partial charge in [0.25, 0.3) is 0 Å². The van der Waals surface area contributed by atoms with Crippen LogP contribution in [0.3, 0.4) is 0 Å². The normalized spacial score (nSPS) is 10.1. The van der Waals surface area contributed by atoms with Crippen molar-refractivity contribution in [1.82, 2.24) is 0 Å². The first-order valence-electron chi connectivity index (χ1n) is 4.54. The minimum Gasteiger partial charge on any atom is -0.0622 e. The molecular formula is C13H10I. The number of rotatable bonds is 2. The Balaban J connectivity index is 2.19. The maximum atomic E-state index is 3.14. The fourth-order valence-electron chi connectivity index (χ4n) is 1.42. The molecular weight excluding hydrogens is 283 g/mol. The van der Waals surface area contributed by atoms with E-state index in [0.29, 0.717) is 0 Å². The maximum Gasteiger partial charge on any atom is 0.0212 e. The molecule has 0 N–H and O–H groups in total. The van der Waals surface area contributed by atoms with Crippen LogP contribution in [0.15, 0.2) is 48.5 Å². The summed E-state index contributed by atoms with van der Waals surface area (Å²) < 4.78 is 1.18. The molecule has 14 heavy (non-hydrogen) atoms. The van der Waals surface area contributed by atoms with Gasteiger partial charge in [0.1, 0.15) is 0 Å². The summed E-state index contributed by atoms with van der Waals surface area (Å²) in [5, 5.41) is 0. The molecule has 0 saturated carbocycles. The van der Waals surface area contributed by atoms with Crippen LogP contribution in [0.2, 0.25) is 0 Å². The zero-order valence-electron chi connectivity index (χ0n) is 7.70. The summed E-state index contributed by atoms with van der Waals surface area (Å²) in [6.45, 7) is 0. The third kappa shape index (κ3) is 2.58. The van der Waals surface area contributed by atoms with E-state index in [0.717, 1.165) is 6.42 Å². The molecule has 0 unspecified atom stereocenters. The zero-order valence-corrected chi connectivity index (χ0v) is 9.86. The monoisotopic (exact) mass is 293 g/mol. The first kappa shape index (κ1) is 9.71. The Morgan fingerprint density at radius 1 is 1.00 bits per heavy atom. The average molecular weight is 293 g/mol. The van der Waals surface area contributed by atoms with Crippen LogP contribution >= 0.6 is 22.6 Å². The second-order valence-corrected chi connectivity index (χ2v) is 4.37. The van der Waals surface area contributed by atoms with E-state index in [4.69, 9.17) is 0 Å².